The predicted octanol–water partition coefficient (Wildman–Crippen LogP) is 14.3. The smallest absolute Gasteiger partial charge is 0.416 e. The number of piperidine rings is 2. The number of hydrogen-bond donors (Lipinski definition) is 0. The number of hydrogen-bond acceptors (Lipinski definition) is 5. The Morgan fingerprint density at radius 3 is 1.88 bits per heavy atom. The van der Waals surface area contributed by atoms with E-state index in [0.29, 0.717) is 39.7 Å². The van der Waals surface area contributed by atoms with Crippen molar-refractivity contribution < 1.29 is 31.6 Å². The molecule has 0 amide bonds. The van der Waals surface area contributed by atoms with E-state index in [-0.39, 0.29) is 35.9 Å². The van der Waals surface area contributed by atoms with Crippen LogP contribution in [0, 0.1) is 0 Å². The Morgan fingerprint density at radius 2 is 1.34 bits per heavy atom. The highest BCUT2D eigenvalue weighted by Gasteiger charge is 2.52. The zero-order valence-corrected chi connectivity index (χ0v) is 39.7. The number of carbonyl (C=O) groups is 1. The van der Waals surface area contributed by atoms with E-state index < -0.39 is 40.4 Å². The molecule has 2 heterocycles. The number of rotatable bonds is 20. The summed E-state index contributed by atoms with van der Waals surface area (Å²) >= 11 is 0. The Balaban J connectivity index is 2.03. The van der Waals surface area contributed by atoms with Gasteiger partial charge < -0.3 is 13.6 Å². The monoisotopic (exact) mass is 824 g/mol. The molecule has 0 aromatic heterocycles. The van der Waals surface area contributed by atoms with Crippen molar-refractivity contribution in [1.29, 1.82) is 0 Å². The van der Waals surface area contributed by atoms with E-state index in [1.165, 1.54) is 37.8 Å². The van der Waals surface area contributed by atoms with Crippen molar-refractivity contribution in [2.24, 2.45) is 0 Å². The molecule has 0 saturated carbocycles. The Labute approximate surface area is 342 Å². The summed E-state index contributed by atoms with van der Waals surface area (Å²) < 4.78 is 61.9. The Hall–Kier alpha value is -1.47. The predicted molar refractivity (Wildman–Crippen MR) is 232 cm³/mol. The van der Waals surface area contributed by atoms with Crippen molar-refractivity contribution in [2.75, 3.05) is 0 Å². The van der Waals surface area contributed by atoms with Crippen molar-refractivity contribution >= 4 is 22.6 Å². The topological polar surface area (TPSA) is 48.0 Å². The summed E-state index contributed by atoms with van der Waals surface area (Å²) in [6.07, 6.45) is 10.0. The third-order valence-electron chi connectivity index (χ3n) is 13.6. The summed E-state index contributed by atoms with van der Waals surface area (Å²) in [6.45, 7) is 32.6. The van der Waals surface area contributed by atoms with Gasteiger partial charge in [0.15, 0.2) is 0 Å². The maximum absolute atomic E-state index is 13.6. The fraction of sp³-hybridized carbons (Fsp3) is 0.804. The van der Waals surface area contributed by atoms with Crippen LogP contribution in [0.2, 0.25) is 33.2 Å². The number of ether oxygens (including phenoxy) is 1. The maximum atomic E-state index is 13.6. The van der Waals surface area contributed by atoms with Gasteiger partial charge in [0.25, 0.3) is 0 Å². The average Bonchev–Trinajstić information content (AvgIpc) is 3.11. The van der Waals surface area contributed by atoms with Crippen molar-refractivity contribution in [1.82, 2.24) is 4.90 Å². The van der Waals surface area contributed by atoms with Crippen molar-refractivity contribution in [2.45, 2.75) is 237 Å². The van der Waals surface area contributed by atoms with Crippen LogP contribution in [-0.2, 0) is 19.8 Å². The van der Waals surface area contributed by atoms with E-state index in [1.807, 2.05) is 0 Å². The number of alkyl halides is 3. The first kappa shape index (κ1) is 48.9. The Morgan fingerprint density at radius 1 is 0.786 bits per heavy atom. The second kappa shape index (κ2) is 21.2. The number of nitrogens with zero attached hydrogens (tertiary/aromatic N) is 1. The summed E-state index contributed by atoms with van der Waals surface area (Å²) in [5.74, 6) is -0.694. The minimum absolute atomic E-state index is 0.0282. The van der Waals surface area contributed by atoms with Gasteiger partial charge in [-0.3, -0.25) is 4.90 Å². The largest absolute Gasteiger partial charge is 0.457 e. The van der Waals surface area contributed by atoms with Gasteiger partial charge in [0.1, 0.15) is 6.10 Å². The lowest BCUT2D eigenvalue weighted by molar-refractivity contribution is -0.137. The molecule has 322 valence electrons. The molecule has 2 saturated heterocycles. The third-order valence-corrected chi connectivity index (χ3v) is 25.9. The number of esters is 1. The van der Waals surface area contributed by atoms with Gasteiger partial charge in [-0.2, -0.15) is 13.2 Å². The number of benzene rings is 1. The first-order chi connectivity index (χ1) is 26.1. The van der Waals surface area contributed by atoms with Crippen LogP contribution in [0.1, 0.15) is 177 Å². The summed E-state index contributed by atoms with van der Waals surface area (Å²) in [7, 11) is -4.36. The van der Waals surface area contributed by atoms with Crippen molar-refractivity contribution in [3.05, 3.63) is 47.5 Å². The minimum atomic E-state index is -4.54. The zero-order valence-electron chi connectivity index (χ0n) is 37.7. The SMILES string of the molecule is CCCCCCC[C@@H](/C=C/[C@@H]1CC[C@@H](OC(=O)c2cccc(C(F)(F)F)c2)[C@H]2CC[C@@H](O[Si](C(C)C)(C(C)C)C(C)C)[C@H](C)N12)O[Si](C(C)C)(C(C)C)C(C)C. The fourth-order valence-electron chi connectivity index (χ4n) is 11.1. The molecule has 0 N–H and O–H groups in total. The first-order valence-corrected chi connectivity index (χ1v) is 26.6. The number of fused-ring (bicyclic) bond motifs is 1. The van der Waals surface area contributed by atoms with Crippen molar-refractivity contribution in [3.8, 4) is 0 Å². The van der Waals surface area contributed by atoms with Gasteiger partial charge in [-0.1, -0.05) is 140 Å². The molecule has 1 aromatic carbocycles. The van der Waals surface area contributed by atoms with E-state index in [0.717, 1.165) is 44.2 Å². The molecule has 1 aromatic rings. The lowest BCUT2D eigenvalue weighted by Crippen LogP contribution is -2.65. The highest BCUT2D eigenvalue weighted by molar-refractivity contribution is 6.78. The second-order valence-corrected chi connectivity index (χ2v) is 29.8. The normalized spacial score (nSPS) is 23.7. The maximum Gasteiger partial charge on any atom is 0.416 e. The van der Waals surface area contributed by atoms with Gasteiger partial charge in [0.05, 0.1) is 23.3 Å². The lowest BCUT2D eigenvalue weighted by atomic mass is 9.82. The minimum Gasteiger partial charge on any atom is -0.457 e. The molecule has 5 nitrogen and oxygen atoms in total. The van der Waals surface area contributed by atoms with Crippen LogP contribution in [0.25, 0.3) is 0 Å². The summed E-state index contributed by atoms with van der Waals surface area (Å²) in [5.41, 5.74) is 1.90. The van der Waals surface area contributed by atoms with Gasteiger partial charge in [0, 0.05) is 18.1 Å². The Bertz CT molecular complexity index is 1340. The molecule has 0 unspecified atom stereocenters. The molecular formula is C46H80F3NO4Si2. The average molecular weight is 824 g/mol. The molecule has 2 aliphatic rings. The van der Waals surface area contributed by atoms with E-state index in [1.54, 1.807) is 0 Å². The van der Waals surface area contributed by atoms with Crippen LogP contribution in [0.4, 0.5) is 13.2 Å². The van der Waals surface area contributed by atoms with E-state index in [2.05, 4.69) is 114 Å². The number of unbranched alkanes of at least 4 members (excludes halogenated alkanes) is 4. The fourth-order valence-corrected chi connectivity index (χ4v) is 22.3. The summed E-state index contributed by atoms with van der Waals surface area (Å²) in [4.78, 5) is 16.1. The highest BCUT2D eigenvalue weighted by atomic mass is 28.4. The van der Waals surface area contributed by atoms with Gasteiger partial charge in [-0.05, 0) is 90.5 Å². The van der Waals surface area contributed by atoms with Gasteiger partial charge in [-0.15, -0.1) is 0 Å². The molecule has 6 atom stereocenters. The molecule has 2 aliphatic heterocycles. The van der Waals surface area contributed by atoms with E-state index >= 15 is 0 Å². The van der Waals surface area contributed by atoms with Crippen LogP contribution in [0.3, 0.4) is 0 Å². The third kappa shape index (κ3) is 11.4. The highest BCUT2D eigenvalue weighted by Crippen LogP contribution is 2.47. The van der Waals surface area contributed by atoms with Crippen LogP contribution in [0.15, 0.2) is 36.4 Å². The van der Waals surface area contributed by atoms with Gasteiger partial charge in [0.2, 0.25) is 16.6 Å². The van der Waals surface area contributed by atoms with Crippen LogP contribution in [-0.4, -0.2) is 63.9 Å². The van der Waals surface area contributed by atoms with Crippen LogP contribution in [0.5, 0.6) is 0 Å². The molecule has 0 bridgehead atoms. The number of halogens is 3. The van der Waals surface area contributed by atoms with E-state index in [9.17, 15) is 18.0 Å². The molecule has 10 heteroatoms. The zero-order chi connectivity index (χ0) is 42.2. The number of carbonyl (C=O) groups excluding carboxylic acids is 1. The summed E-state index contributed by atoms with van der Waals surface area (Å²) in [5, 5.41) is 0. The lowest BCUT2D eigenvalue weighted by Gasteiger charge is -2.55. The standard InChI is InChI=1S/C46H80F3NO4Si2/c1-15-16-17-18-19-23-41(53-55(31(2)3,32(4)5)33(6)7)26-24-40-25-28-44(52-45(51)38-21-20-22-39(30-38)46(47,48)49)42-27-29-43(37(14)50(40)42)54-56(34(8)9,35(10)11)36(12)13/h20-22,24,26,30-37,40-44H,15-19,23,25,27-29H2,1-14H3/b26-24+/t37-,40+,41-,42+,43+,44+/m0/s1. The van der Waals surface area contributed by atoms with Crippen molar-refractivity contribution in [3.63, 3.8) is 0 Å². The Kier molecular flexibility index (Phi) is 18.5. The molecule has 56 heavy (non-hydrogen) atoms. The first-order valence-electron chi connectivity index (χ1n) is 22.3. The molecule has 2 fully saturated rings. The molecule has 0 spiro atoms. The second-order valence-electron chi connectivity index (χ2n) is 19.0. The van der Waals surface area contributed by atoms with Crippen LogP contribution >= 0.6 is 0 Å². The quantitative estimate of drug-likeness (QED) is 0.0567. The summed E-state index contributed by atoms with van der Waals surface area (Å²) in [6, 6.07) is 4.69. The van der Waals surface area contributed by atoms with Gasteiger partial charge in [-0.25, -0.2) is 4.79 Å². The molecule has 0 aliphatic carbocycles. The molecular weight excluding hydrogens is 744 g/mol. The van der Waals surface area contributed by atoms with E-state index in [4.69, 9.17) is 13.6 Å². The molecule has 3 rings (SSSR count). The van der Waals surface area contributed by atoms with Gasteiger partial charge >= 0.3 is 12.1 Å². The van der Waals surface area contributed by atoms with Crippen LogP contribution < -0.4 is 0 Å². The molecule has 0 radical (unpaired) electrons.